The Bertz CT molecular complexity index is 737. The number of sulfonamides is 1. The summed E-state index contributed by atoms with van der Waals surface area (Å²) in [5.41, 5.74) is 1.97. The molecule has 0 unspecified atom stereocenters. The van der Waals surface area contributed by atoms with Crippen LogP contribution in [-0.4, -0.2) is 27.7 Å². The minimum Gasteiger partial charge on any atom is -0.372 e. The van der Waals surface area contributed by atoms with Crippen molar-refractivity contribution >= 4 is 21.9 Å². The largest absolute Gasteiger partial charge is 0.372 e. The van der Waals surface area contributed by atoms with Gasteiger partial charge in [-0.05, 0) is 43.7 Å². The molecule has 0 aliphatic carbocycles. The van der Waals surface area contributed by atoms with Crippen LogP contribution in [0, 0.1) is 0 Å². The number of rotatable bonds is 7. The van der Waals surface area contributed by atoms with Crippen molar-refractivity contribution in [3.8, 4) is 0 Å². The molecule has 1 N–H and O–H groups in total. The molecule has 0 heterocycles. The Kier molecular flexibility index (Phi) is 5.76. The van der Waals surface area contributed by atoms with Gasteiger partial charge >= 0.3 is 0 Å². The van der Waals surface area contributed by atoms with Gasteiger partial charge in [-0.2, -0.15) is 13.5 Å². The lowest BCUT2D eigenvalue weighted by atomic mass is 10.2. The monoisotopic (exact) mass is 331 g/mol. The third-order valence-electron chi connectivity index (χ3n) is 3.46. The summed E-state index contributed by atoms with van der Waals surface area (Å²) in [4.78, 5) is 4.64. The van der Waals surface area contributed by atoms with Crippen LogP contribution in [0.4, 0.5) is 5.69 Å². The molecular formula is C17H21N3O2S. The minimum atomic E-state index is -3.62. The first-order chi connectivity index (χ1) is 11.1. The van der Waals surface area contributed by atoms with E-state index >= 15 is 0 Å². The Labute approximate surface area is 137 Å². The van der Waals surface area contributed by atoms with Crippen LogP contribution in [0.1, 0.15) is 19.4 Å². The van der Waals surface area contributed by atoms with Crippen molar-refractivity contribution in [3.63, 3.8) is 0 Å². The van der Waals surface area contributed by atoms with Gasteiger partial charge in [-0.1, -0.05) is 30.3 Å². The molecule has 6 heteroatoms. The molecule has 5 nitrogen and oxygen atoms in total. The van der Waals surface area contributed by atoms with Gasteiger partial charge in [0, 0.05) is 18.8 Å². The second-order valence-electron chi connectivity index (χ2n) is 4.93. The predicted octanol–water partition coefficient (Wildman–Crippen LogP) is 2.85. The van der Waals surface area contributed by atoms with Crippen molar-refractivity contribution < 1.29 is 8.42 Å². The highest BCUT2D eigenvalue weighted by molar-refractivity contribution is 7.89. The maximum absolute atomic E-state index is 12.0. The minimum absolute atomic E-state index is 0.189. The maximum atomic E-state index is 12.0. The van der Waals surface area contributed by atoms with Crippen LogP contribution in [0.2, 0.25) is 0 Å². The number of hydrogen-bond acceptors (Lipinski definition) is 4. The summed E-state index contributed by atoms with van der Waals surface area (Å²) in [5, 5.41) is 3.83. The van der Waals surface area contributed by atoms with Crippen LogP contribution in [0.25, 0.3) is 0 Å². The summed E-state index contributed by atoms with van der Waals surface area (Å²) in [6.07, 6.45) is 1.49. The molecule has 0 radical (unpaired) electrons. The first-order valence-corrected chi connectivity index (χ1v) is 9.00. The lowest BCUT2D eigenvalue weighted by molar-refractivity contribution is 0.584. The zero-order chi connectivity index (χ0) is 16.7. The highest BCUT2D eigenvalue weighted by Crippen LogP contribution is 2.14. The number of hydrogen-bond donors (Lipinski definition) is 1. The lowest BCUT2D eigenvalue weighted by Gasteiger charge is -2.20. The average molecular weight is 331 g/mol. The summed E-state index contributed by atoms with van der Waals surface area (Å²) < 4.78 is 24.0. The van der Waals surface area contributed by atoms with E-state index in [2.05, 4.69) is 28.7 Å². The van der Waals surface area contributed by atoms with Gasteiger partial charge < -0.3 is 4.90 Å². The summed E-state index contributed by atoms with van der Waals surface area (Å²) in [6, 6.07) is 16.0. The smallest absolute Gasteiger partial charge is 0.276 e. The number of nitrogens with zero attached hydrogens (tertiary/aromatic N) is 2. The van der Waals surface area contributed by atoms with Crippen LogP contribution in [0.3, 0.4) is 0 Å². The number of hydrazone groups is 1. The number of benzene rings is 2. The van der Waals surface area contributed by atoms with E-state index in [4.69, 9.17) is 0 Å². The fourth-order valence-corrected chi connectivity index (χ4v) is 2.99. The third kappa shape index (κ3) is 4.56. The molecule has 0 aliphatic heterocycles. The van der Waals surface area contributed by atoms with Crippen LogP contribution >= 0.6 is 0 Å². The zero-order valence-electron chi connectivity index (χ0n) is 13.3. The SMILES string of the molecule is CCN(CC)c1ccc(C=NNS(=O)(=O)c2ccccc2)cc1. The van der Waals surface area contributed by atoms with Crippen LogP contribution in [0.5, 0.6) is 0 Å². The Morgan fingerprint density at radius 2 is 1.61 bits per heavy atom. The van der Waals surface area contributed by atoms with Crippen molar-refractivity contribution in [2.75, 3.05) is 18.0 Å². The normalized spacial score (nSPS) is 11.6. The summed E-state index contributed by atoms with van der Waals surface area (Å²) in [5.74, 6) is 0. The topological polar surface area (TPSA) is 61.8 Å². The molecular weight excluding hydrogens is 310 g/mol. The Morgan fingerprint density at radius 1 is 1.00 bits per heavy atom. The van der Waals surface area contributed by atoms with Gasteiger partial charge in [-0.15, -0.1) is 0 Å². The molecule has 0 bridgehead atoms. The first-order valence-electron chi connectivity index (χ1n) is 7.51. The van der Waals surface area contributed by atoms with E-state index in [1.807, 2.05) is 24.3 Å². The van der Waals surface area contributed by atoms with Crippen molar-refractivity contribution in [1.29, 1.82) is 0 Å². The number of anilines is 1. The fraction of sp³-hybridized carbons (Fsp3) is 0.235. The fourth-order valence-electron chi connectivity index (χ4n) is 2.18. The molecule has 2 aromatic carbocycles. The van der Waals surface area contributed by atoms with E-state index in [-0.39, 0.29) is 4.90 Å². The van der Waals surface area contributed by atoms with Gasteiger partial charge in [0.1, 0.15) is 0 Å². The number of nitrogens with one attached hydrogen (secondary N) is 1. The van der Waals surface area contributed by atoms with Crippen LogP contribution in [0.15, 0.2) is 64.6 Å². The van der Waals surface area contributed by atoms with E-state index in [1.165, 1.54) is 18.3 Å². The van der Waals surface area contributed by atoms with Crippen molar-refractivity contribution in [2.45, 2.75) is 18.7 Å². The van der Waals surface area contributed by atoms with Gasteiger partial charge in [-0.3, -0.25) is 0 Å². The molecule has 0 aromatic heterocycles. The lowest BCUT2D eigenvalue weighted by Crippen LogP contribution is -2.21. The highest BCUT2D eigenvalue weighted by atomic mass is 32.2. The van der Waals surface area contributed by atoms with Gasteiger partial charge in [-0.25, -0.2) is 4.83 Å². The third-order valence-corrected chi connectivity index (χ3v) is 4.70. The van der Waals surface area contributed by atoms with E-state index in [0.29, 0.717) is 0 Å². The van der Waals surface area contributed by atoms with Gasteiger partial charge in [0.05, 0.1) is 11.1 Å². The molecule has 0 saturated heterocycles. The van der Waals surface area contributed by atoms with E-state index in [0.717, 1.165) is 24.3 Å². The van der Waals surface area contributed by atoms with Gasteiger partial charge in [0.2, 0.25) is 0 Å². The highest BCUT2D eigenvalue weighted by Gasteiger charge is 2.10. The predicted molar refractivity (Wildman–Crippen MR) is 94.4 cm³/mol. The van der Waals surface area contributed by atoms with Gasteiger partial charge in [0.25, 0.3) is 10.0 Å². The molecule has 0 spiro atoms. The summed E-state index contributed by atoms with van der Waals surface area (Å²) in [7, 11) is -3.62. The molecule has 23 heavy (non-hydrogen) atoms. The molecule has 0 aliphatic rings. The van der Waals surface area contributed by atoms with Crippen molar-refractivity contribution in [1.82, 2.24) is 4.83 Å². The molecule has 0 amide bonds. The Hall–Kier alpha value is -2.34. The quantitative estimate of drug-likeness (QED) is 0.627. The first kappa shape index (κ1) is 17.0. The average Bonchev–Trinajstić information content (AvgIpc) is 2.58. The van der Waals surface area contributed by atoms with Crippen LogP contribution < -0.4 is 9.73 Å². The molecule has 0 fully saturated rings. The maximum Gasteiger partial charge on any atom is 0.276 e. The Morgan fingerprint density at radius 3 is 2.17 bits per heavy atom. The second kappa shape index (κ2) is 7.78. The zero-order valence-corrected chi connectivity index (χ0v) is 14.1. The summed E-state index contributed by atoms with van der Waals surface area (Å²) >= 11 is 0. The molecule has 2 rings (SSSR count). The molecule has 0 saturated carbocycles. The van der Waals surface area contributed by atoms with E-state index in [9.17, 15) is 8.42 Å². The van der Waals surface area contributed by atoms with E-state index in [1.54, 1.807) is 18.2 Å². The van der Waals surface area contributed by atoms with E-state index < -0.39 is 10.0 Å². The molecule has 2 aromatic rings. The van der Waals surface area contributed by atoms with Crippen LogP contribution in [-0.2, 0) is 10.0 Å². The second-order valence-corrected chi connectivity index (χ2v) is 6.59. The van der Waals surface area contributed by atoms with Gasteiger partial charge in [0.15, 0.2) is 0 Å². The van der Waals surface area contributed by atoms with Crippen molar-refractivity contribution in [3.05, 3.63) is 60.2 Å². The Balaban J connectivity index is 2.04. The molecule has 122 valence electrons. The standard InChI is InChI=1S/C17H21N3O2S/c1-3-20(4-2)16-12-10-15(11-13-16)14-18-19-23(21,22)17-8-6-5-7-9-17/h5-14,19H,3-4H2,1-2H3. The van der Waals surface area contributed by atoms with Crippen molar-refractivity contribution in [2.24, 2.45) is 5.10 Å². The summed E-state index contributed by atoms with van der Waals surface area (Å²) in [6.45, 7) is 6.11. The molecule has 0 atom stereocenters.